The topological polar surface area (TPSA) is 51.6 Å². The van der Waals surface area contributed by atoms with E-state index in [4.69, 9.17) is 15.0 Å². The van der Waals surface area contributed by atoms with E-state index < -0.39 is 0 Å². The molecule has 7 aromatic rings. The molecule has 0 amide bonds. The molecule has 3 unspecified atom stereocenters. The number of rotatable bonds is 7. The monoisotopic (exact) mass is 660 g/mol. The van der Waals surface area contributed by atoms with E-state index in [1.807, 2.05) is 25.1 Å². The van der Waals surface area contributed by atoms with Crippen LogP contribution in [0.4, 0.5) is 0 Å². The summed E-state index contributed by atoms with van der Waals surface area (Å²) in [4.78, 5) is 19.8. The van der Waals surface area contributed by atoms with Crippen LogP contribution in [0.15, 0.2) is 140 Å². The van der Waals surface area contributed by atoms with E-state index in [9.17, 15) is 0 Å². The van der Waals surface area contributed by atoms with E-state index in [2.05, 4.69) is 133 Å². The molecule has 248 valence electrons. The van der Waals surface area contributed by atoms with Crippen molar-refractivity contribution in [1.82, 2.24) is 19.9 Å². The van der Waals surface area contributed by atoms with Crippen LogP contribution in [0.1, 0.15) is 48.6 Å². The molecule has 2 heterocycles. The lowest BCUT2D eigenvalue weighted by atomic mass is 9.81. The molecule has 9 rings (SSSR count). The lowest BCUT2D eigenvalue weighted by Gasteiger charge is -2.23. The molecule has 4 nitrogen and oxygen atoms in total. The van der Waals surface area contributed by atoms with Gasteiger partial charge in [0.2, 0.25) is 0 Å². The molecule has 0 bridgehead atoms. The largest absolute Gasteiger partial charge is 0.258 e. The molecular formula is C47H40N4. The fraction of sp³-hybridized carbons (Fsp3) is 0.191. The maximum absolute atomic E-state index is 5.10. The minimum absolute atomic E-state index is 0.647. The second-order valence-electron chi connectivity index (χ2n) is 14.4. The molecule has 0 radical (unpaired) electrons. The number of nitrogens with zero attached hydrogens (tertiary/aromatic N) is 4. The van der Waals surface area contributed by atoms with Crippen molar-refractivity contribution < 1.29 is 0 Å². The van der Waals surface area contributed by atoms with Gasteiger partial charge in [-0.3, -0.25) is 4.98 Å². The van der Waals surface area contributed by atoms with Crippen LogP contribution >= 0.6 is 0 Å². The summed E-state index contributed by atoms with van der Waals surface area (Å²) in [5.74, 6) is 4.55. The quantitative estimate of drug-likeness (QED) is 0.171. The summed E-state index contributed by atoms with van der Waals surface area (Å²) in [5.41, 5.74) is 13.5. The average molecular weight is 661 g/mol. The first kappa shape index (κ1) is 31.3. The molecule has 0 N–H and O–H groups in total. The Morgan fingerprint density at radius 3 is 1.71 bits per heavy atom. The lowest BCUT2D eigenvalue weighted by Crippen LogP contribution is -2.07. The van der Waals surface area contributed by atoms with Crippen molar-refractivity contribution in [2.45, 2.75) is 45.4 Å². The van der Waals surface area contributed by atoms with E-state index in [1.165, 1.54) is 47.9 Å². The zero-order valence-electron chi connectivity index (χ0n) is 29.1. The minimum atomic E-state index is 0.647. The number of aromatic nitrogens is 4. The molecule has 0 spiro atoms. The summed E-state index contributed by atoms with van der Waals surface area (Å²) in [7, 11) is 0. The number of pyridine rings is 1. The van der Waals surface area contributed by atoms with Crippen molar-refractivity contribution in [3.63, 3.8) is 0 Å². The van der Waals surface area contributed by atoms with Crippen LogP contribution in [0, 0.1) is 25.7 Å². The predicted molar refractivity (Wildman–Crippen MR) is 208 cm³/mol. The van der Waals surface area contributed by atoms with Crippen molar-refractivity contribution in [1.29, 1.82) is 0 Å². The Morgan fingerprint density at radius 1 is 0.412 bits per heavy atom. The maximum Gasteiger partial charge on any atom is 0.164 e. The van der Waals surface area contributed by atoms with Crippen LogP contribution < -0.4 is 0 Å². The average Bonchev–Trinajstić information content (AvgIpc) is 3.98. The van der Waals surface area contributed by atoms with Gasteiger partial charge >= 0.3 is 0 Å². The van der Waals surface area contributed by atoms with E-state index in [0.717, 1.165) is 56.6 Å². The third-order valence-electron chi connectivity index (χ3n) is 10.9. The lowest BCUT2D eigenvalue weighted by molar-refractivity contribution is 0.424. The first-order valence-corrected chi connectivity index (χ1v) is 18.2. The zero-order valence-corrected chi connectivity index (χ0v) is 29.1. The highest BCUT2D eigenvalue weighted by atomic mass is 15.0. The molecule has 2 aliphatic rings. The summed E-state index contributed by atoms with van der Waals surface area (Å²) < 4.78 is 0. The summed E-state index contributed by atoms with van der Waals surface area (Å²) >= 11 is 0. The van der Waals surface area contributed by atoms with Gasteiger partial charge in [0.25, 0.3) is 0 Å². The van der Waals surface area contributed by atoms with Crippen molar-refractivity contribution in [3.8, 4) is 67.5 Å². The highest BCUT2D eigenvalue weighted by Crippen LogP contribution is 2.54. The van der Waals surface area contributed by atoms with Crippen LogP contribution in [0.3, 0.4) is 0 Å². The summed E-state index contributed by atoms with van der Waals surface area (Å²) in [6.07, 6.45) is 5.46. The van der Waals surface area contributed by atoms with E-state index >= 15 is 0 Å². The summed E-state index contributed by atoms with van der Waals surface area (Å²) in [6, 6.07) is 49.6. The number of fused-ring (bicyclic) bond motifs is 1. The Balaban J connectivity index is 1.12. The normalized spacial score (nSPS) is 17.9. The van der Waals surface area contributed by atoms with Gasteiger partial charge in [0, 0.05) is 33.6 Å². The number of benzene rings is 5. The Bertz CT molecular complexity index is 2350. The first-order valence-electron chi connectivity index (χ1n) is 18.2. The third-order valence-corrected chi connectivity index (χ3v) is 10.9. The Labute approximate surface area is 300 Å². The van der Waals surface area contributed by atoms with Crippen molar-refractivity contribution in [3.05, 3.63) is 156 Å². The van der Waals surface area contributed by atoms with Gasteiger partial charge in [-0.2, -0.15) is 0 Å². The smallest absolute Gasteiger partial charge is 0.164 e. The van der Waals surface area contributed by atoms with Gasteiger partial charge < -0.3 is 0 Å². The Hall–Kier alpha value is -5.74. The van der Waals surface area contributed by atoms with Gasteiger partial charge in [-0.25, -0.2) is 15.0 Å². The van der Waals surface area contributed by atoms with E-state index in [0.29, 0.717) is 23.4 Å². The second-order valence-corrected chi connectivity index (χ2v) is 14.4. The van der Waals surface area contributed by atoms with Crippen LogP contribution in [-0.2, 0) is 0 Å². The molecule has 4 heteroatoms. The number of aryl methyl sites for hydroxylation is 2. The fourth-order valence-corrected chi connectivity index (χ4v) is 8.04. The molecule has 2 aliphatic carbocycles. The van der Waals surface area contributed by atoms with Gasteiger partial charge in [0.15, 0.2) is 17.5 Å². The standard InChI is InChI=1S/C47H40N4/c1-30-16-24-42(31(2)48-30)33-17-19-35(20-18-33)46-49-45(34-12-7-4-8-13-34)50-47(51-46)40-15-9-14-39(28-40)43-25-23-38(36-21-22-37-27-41(37)26-36)29-44(43)32-10-5-3-6-11-32/h3-20,23-25,28-29,36-37,41H,21-22,26-27H2,1-2H3. The highest BCUT2D eigenvalue weighted by molar-refractivity contribution is 5.85. The van der Waals surface area contributed by atoms with Crippen molar-refractivity contribution in [2.24, 2.45) is 11.8 Å². The first-order chi connectivity index (χ1) is 25.1. The molecule has 2 aromatic heterocycles. The molecule has 0 saturated heterocycles. The molecule has 2 saturated carbocycles. The minimum Gasteiger partial charge on any atom is -0.258 e. The Morgan fingerprint density at radius 2 is 1.00 bits per heavy atom. The van der Waals surface area contributed by atoms with Gasteiger partial charge in [0.1, 0.15) is 0 Å². The van der Waals surface area contributed by atoms with Crippen molar-refractivity contribution >= 4 is 0 Å². The number of hydrogen-bond donors (Lipinski definition) is 0. The SMILES string of the molecule is Cc1ccc(-c2ccc(-c3nc(-c4ccccc4)nc(-c4cccc(-c5ccc(C6CCC7CC7C6)cc5-c5ccccc5)c4)n3)cc2)c(C)n1. The predicted octanol–water partition coefficient (Wildman–Crippen LogP) is 11.8. The van der Waals surface area contributed by atoms with E-state index in [1.54, 1.807) is 0 Å². The molecular weight excluding hydrogens is 621 g/mol. The fourth-order valence-electron chi connectivity index (χ4n) is 8.04. The second kappa shape index (κ2) is 13.2. The zero-order chi connectivity index (χ0) is 34.3. The van der Waals surface area contributed by atoms with Crippen molar-refractivity contribution in [2.75, 3.05) is 0 Å². The van der Waals surface area contributed by atoms with Gasteiger partial charge in [0.05, 0.1) is 0 Å². The molecule has 2 fully saturated rings. The van der Waals surface area contributed by atoms with Crippen LogP contribution in [-0.4, -0.2) is 19.9 Å². The molecule has 3 atom stereocenters. The highest BCUT2D eigenvalue weighted by Gasteiger charge is 2.42. The van der Waals surface area contributed by atoms with Gasteiger partial charge in [-0.05, 0) is 103 Å². The van der Waals surface area contributed by atoms with Crippen LogP contribution in [0.2, 0.25) is 0 Å². The molecule has 5 aromatic carbocycles. The number of hydrogen-bond acceptors (Lipinski definition) is 4. The van der Waals surface area contributed by atoms with Crippen LogP contribution in [0.5, 0.6) is 0 Å². The summed E-state index contributed by atoms with van der Waals surface area (Å²) in [5, 5.41) is 0. The third kappa shape index (κ3) is 6.39. The van der Waals surface area contributed by atoms with E-state index in [-0.39, 0.29) is 0 Å². The van der Waals surface area contributed by atoms with Crippen LogP contribution in [0.25, 0.3) is 67.5 Å². The molecule has 51 heavy (non-hydrogen) atoms. The molecule has 0 aliphatic heterocycles. The maximum atomic E-state index is 5.10. The van der Waals surface area contributed by atoms with Gasteiger partial charge in [-0.15, -0.1) is 0 Å². The summed E-state index contributed by atoms with van der Waals surface area (Å²) in [6.45, 7) is 4.08. The Kier molecular flexibility index (Phi) is 8.08. The van der Waals surface area contributed by atoms with Gasteiger partial charge in [-0.1, -0.05) is 127 Å².